The molecule has 0 saturated heterocycles. The van der Waals surface area contributed by atoms with Crippen molar-refractivity contribution in [3.8, 4) is 5.75 Å². The number of fused-ring (bicyclic) bond motifs is 1. The molecule has 0 fully saturated rings. The normalized spacial score (nSPS) is 13.6. The molecular weight excluding hydrogens is 531 g/mol. The van der Waals surface area contributed by atoms with Gasteiger partial charge in [-0.1, -0.05) is 18.6 Å². The molecule has 0 bridgehead atoms. The highest BCUT2D eigenvalue weighted by Gasteiger charge is 2.14. The van der Waals surface area contributed by atoms with E-state index in [-0.39, 0.29) is 24.0 Å². The number of rotatable bonds is 11. The van der Waals surface area contributed by atoms with Crippen LogP contribution in [0.5, 0.6) is 5.75 Å². The van der Waals surface area contributed by atoms with E-state index in [1.165, 1.54) is 24.8 Å². The first-order valence-corrected chi connectivity index (χ1v) is 11.9. The van der Waals surface area contributed by atoms with E-state index in [1.807, 2.05) is 0 Å². The maximum absolute atomic E-state index is 6.00. The lowest BCUT2D eigenvalue weighted by atomic mass is 10.1. The van der Waals surface area contributed by atoms with Crippen LogP contribution in [0, 0.1) is 6.92 Å². The first-order valence-electron chi connectivity index (χ1n) is 11.9. The Morgan fingerprint density at radius 1 is 1.15 bits per heavy atom. The molecule has 2 aromatic rings. The summed E-state index contributed by atoms with van der Waals surface area (Å²) >= 11 is 0. The summed E-state index contributed by atoms with van der Waals surface area (Å²) in [4.78, 5) is 4.79. The number of hydrogen-bond donors (Lipinski definition) is 2. The molecule has 0 spiro atoms. The molecule has 1 aromatic carbocycles. The van der Waals surface area contributed by atoms with Gasteiger partial charge in [-0.3, -0.25) is 0 Å². The molecule has 33 heavy (non-hydrogen) atoms. The third-order valence-corrected chi connectivity index (χ3v) is 5.55. The van der Waals surface area contributed by atoms with Crippen LogP contribution < -0.4 is 15.4 Å². The molecule has 1 aromatic heterocycles. The van der Waals surface area contributed by atoms with Crippen molar-refractivity contribution in [1.82, 2.24) is 25.4 Å². The molecular formula is C24H39IN6O2. The first-order chi connectivity index (χ1) is 15.7. The highest BCUT2D eigenvalue weighted by atomic mass is 127. The van der Waals surface area contributed by atoms with E-state index in [0.29, 0.717) is 19.8 Å². The Hall–Kier alpha value is -1.88. The van der Waals surface area contributed by atoms with Crippen LogP contribution in [0.1, 0.15) is 55.4 Å². The minimum Gasteiger partial charge on any atom is -0.493 e. The maximum Gasteiger partial charge on any atom is 0.191 e. The zero-order valence-corrected chi connectivity index (χ0v) is 22.6. The van der Waals surface area contributed by atoms with E-state index >= 15 is 0 Å². The van der Waals surface area contributed by atoms with Crippen LogP contribution in [0.15, 0.2) is 23.2 Å². The summed E-state index contributed by atoms with van der Waals surface area (Å²) in [5, 5.41) is 15.6. The molecule has 0 unspecified atom stereocenters. The van der Waals surface area contributed by atoms with Crippen molar-refractivity contribution in [2.75, 3.05) is 33.4 Å². The average Bonchev–Trinajstić information content (AvgIpc) is 3.01. The van der Waals surface area contributed by atoms with E-state index in [2.05, 4.69) is 57.4 Å². The fourth-order valence-electron chi connectivity index (χ4n) is 3.84. The Morgan fingerprint density at radius 3 is 2.85 bits per heavy atom. The summed E-state index contributed by atoms with van der Waals surface area (Å²) in [5.41, 5.74) is 2.25. The predicted molar refractivity (Wildman–Crippen MR) is 143 cm³/mol. The van der Waals surface area contributed by atoms with Gasteiger partial charge in [0.05, 0.1) is 13.2 Å². The Balaban J connectivity index is 0.00000385. The third-order valence-electron chi connectivity index (χ3n) is 5.55. The second-order valence-corrected chi connectivity index (χ2v) is 8.17. The van der Waals surface area contributed by atoms with Crippen molar-refractivity contribution in [3.63, 3.8) is 0 Å². The van der Waals surface area contributed by atoms with E-state index in [9.17, 15) is 0 Å². The number of hydrogen-bond acceptors (Lipinski definition) is 5. The minimum absolute atomic E-state index is 0. The van der Waals surface area contributed by atoms with Crippen molar-refractivity contribution < 1.29 is 9.47 Å². The number of aliphatic imine (C=N–C) groups is 1. The number of guanidine groups is 1. The number of halogens is 1. The van der Waals surface area contributed by atoms with E-state index in [1.54, 1.807) is 7.11 Å². The summed E-state index contributed by atoms with van der Waals surface area (Å²) in [6, 6.07) is 6.28. The van der Waals surface area contributed by atoms with Crippen molar-refractivity contribution >= 4 is 29.9 Å². The molecule has 2 N–H and O–H groups in total. The molecule has 184 valence electrons. The van der Waals surface area contributed by atoms with Crippen LogP contribution in [-0.4, -0.2) is 54.1 Å². The zero-order valence-electron chi connectivity index (χ0n) is 20.2. The van der Waals surface area contributed by atoms with Crippen molar-refractivity contribution in [3.05, 3.63) is 41.0 Å². The highest BCUT2D eigenvalue weighted by Crippen LogP contribution is 2.21. The third kappa shape index (κ3) is 8.77. The van der Waals surface area contributed by atoms with Crippen LogP contribution >= 0.6 is 24.0 Å². The molecule has 3 rings (SSSR count). The van der Waals surface area contributed by atoms with Gasteiger partial charge < -0.3 is 24.7 Å². The molecule has 1 aliphatic rings. The standard InChI is InChI=1S/C24H38N6O2.HI/c1-4-25-24(26-13-12-23-29-28-22-9-6-5-7-14-30(22)23)27-18-20-11-10-19(2)17-21(20)32-16-8-15-31-3;/h10-11,17H,4-9,12-16,18H2,1-3H3,(H2,25,26,27);1H. The van der Waals surface area contributed by atoms with Crippen molar-refractivity contribution in [1.29, 1.82) is 0 Å². The van der Waals surface area contributed by atoms with Gasteiger partial charge in [-0.05, 0) is 38.3 Å². The molecule has 0 amide bonds. The summed E-state index contributed by atoms with van der Waals surface area (Å²) in [6.45, 7) is 8.64. The van der Waals surface area contributed by atoms with Gasteiger partial charge in [-0.15, -0.1) is 34.2 Å². The lowest BCUT2D eigenvalue weighted by molar-refractivity contribution is 0.172. The van der Waals surface area contributed by atoms with Crippen LogP contribution in [0.4, 0.5) is 0 Å². The Labute approximate surface area is 215 Å². The number of nitrogens with one attached hydrogen (secondary N) is 2. The van der Waals surface area contributed by atoms with Gasteiger partial charge in [-0.25, -0.2) is 4.99 Å². The molecule has 0 saturated carbocycles. The largest absolute Gasteiger partial charge is 0.493 e. The van der Waals surface area contributed by atoms with Crippen LogP contribution in [0.25, 0.3) is 0 Å². The number of benzene rings is 1. The molecule has 2 heterocycles. The van der Waals surface area contributed by atoms with Gasteiger partial charge in [0.1, 0.15) is 17.4 Å². The van der Waals surface area contributed by atoms with Gasteiger partial charge in [0.2, 0.25) is 0 Å². The highest BCUT2D eigenvalue weighted by molar-refractivity contribution is 14.0. The minimum atomic E-state index is 0. The van der Waals surface area contributed by atoms with E-state index in [0.717, 1.165) is 67.8 Å². The molecule has 0 radical (unpaired) electrons. The quantitative estimate of drug-likeness (QED) is 0.186. The molecule has 9 heteroatoms. The number of methoxy groups -OCH3 is 1. The molecule has 8 nitrogen and oxygen atoms in total. The number of nitrogens with zero attached hydrogens (tertiary/aromatic N) is 4. The molecule has 0 atom stereocenters. The van der Waals surface area contributed by atoms with Gasteiger partial charge in [0.15, 0.2) is 5.96 Å². The monoisotopic (exact) mass is 570 g/mol. The smallest absolute Gasteiger partial charge is 0.191 e. The molecule has 0 aliphatic carbocycles. The second-order valence-electron chi connectivity index (χ2n) is 8.17. The summed E-state index contributed by atoms with van der Waals surface area (Å²) < 4.78 is 13.4. The average molecular weight is 571 g/mol. The van der Waals surface area contributed by atoms with Crippen LogP contribution in [0.2, 0.25) is 0 Å². The summed E-state index contributed by atoms with van der Waals surface area (Å²) in [5.74, 6) is 3.90. The van der Waals surface area contributed by atoms with Gasteiger partial charge in [-0.2, -0.15) is 0 Å². The number of aromatic nitrogens is 3. The molecule has 1 aliphatic heterocycles. The lowest BCUT2D eigenvalue weighted by Crippen LogP contribution is -2.38. The Morgan fingerprint density at radius 2 is 2.03 bits per heavy atom. The van der Waals surface area contributed by atoms with Gasteiger partial charge in [0.25, 0.3) is 0 Å². The number of aryl methyl sites for hydroxylation is 2. The predicted octanol–water partition coefficient (Wildman–Crippen LogP) is 3.64. The maximum atomic E-state index is 6.00. The topological polar surface area (TPSA) is 85.6 Å². The Bertz CT molecular complexity index is 871. The zero-order chi connectivity index (χ0) is 22.6. The van der Waals surface area contributed by atoms with Crippen molar-refractivity contribution in [2.24, 2.45) is 4.99 Å². The van der Waals surface area contributed by atoms with Crippen molar-refractivity contribution in [2.45, 2.75) is 65.5 Å². The first kappa shape index (κ1) is 27.4. The van der Waals surface area contributed by atoms with Crippen LogP contribution in [0.3, 0.4) is 0 Å². The fraction of sp³-hybridized carbons (Fsp3) is 0.625. The Kier molecular flexibility index (Phi) is 12.5. The SMILES string of the molecule is CCNC(=NCc1ccc(C)cc1OCCCOC)NCCc1nnc2n1CCCCC2.I. The van der Waals surface area contributed by atoms with E-state index in [4.69, 9.17) is 14.5 Å². The summed E-state index contributed by atoms with van der Waals surface area (Å²) in [7, 11) is 1.71. The van der Waals surface area contributed by atoms with Gasteiger partial charge >= 0.3 is 0 Å². The fourth-order valence-corrected chi connectivity index (χ4v) is 3.84. The summed E-state index contributed by atoms with van der Waals surface area (Å²) in [6.07, 6.45) is 6.43. The van der Waals surface area contributed by atoms with E-state index < -0.39 is 0 Å². The second kappa shape index (κ2) is 15.1. The lowest BCUT2D eigenvalue weighted by Gasteiger charge is -2.14. The van der Waals surface area contributed by atoms with Gasteiger partial charge in [0, 0.05) is 58.2 Å². The van der Waals surface area contributed by atoms with Crippen LogP contribution in [-0.2, 0) is 30.7 Å². The number of ether oxygens (including phenoxy) is 2.